The fourth-order valence-electron chi connectivity index (χ4n) is 3.72. The van der Waals surface area contributed by atoms with Crippen LogP contribution in [0.2, 0.25) is 0 Å². The van der Waals surface area contributed by atoms with Crippen LogP contribution in [0.3, 0.4) is 0 Å². The smallest absolute Gasteiger partial charge is 0.123 e. The second-order valence-electron chi connectivity index (χ2n) is 6.04. The molecule has 4 atom stereocenters. The lowest BCUT2D eigenvalue weighted by Crippen LogP contribution is -2.44. The highest BCUT2D eigenvalue weighted by Crippen LogP contribution is 2.51. The molecule has 1 aromatic carbocycles. The van der Waals surface area contributed by atoms with E-state index in [0.717, 1.165) is 36.2 Å². The Labute approximate surface area is 129 Å². The van der Waals surface area contributed by atoms with Gasteiger partial charge in [-0.05, 0) is 31.2 Å². The second kappa shape index (κ2) is 5.16. The molecule has 0 saturated carbocycles. The topological polar surface area (TPSA) is 27.7 Å². The minimum absolute atomic E-state index is 0.542. The highest BCUT2D eigenvalue weighted by atomic mass is 32.2. The molecule has 0 spiro atoms. The number of methoxy groups -OCH3 is 1. The van der Waals surface area contributed by atoms with Crippen LogP contribution in [0, 0.1) is 11.8 Å². The van der Waals surface area contributed by atoms with Gasteiger partial charge in [0.2, 0.25) is 0 Å². The van der Waals surface area contributed by atoms with E-state index in [-0.39, 0.29) is 0 Å². The molecular weight excluding hydrogens is 284 g/mol. The molecule has 3 aliphatic heterocycles. The highest BCUT2D eigenvalue weighted by Gasteiger charge is 2.45. The Kier molecular flexibility index (Phi) is 3.29. The standard InChI is InChI=1S/C17H20O3S/c1-10-5-17-14(8-19-10)13-7-20-16-4-3-11(18-2)6-12(16)15(13)9-21-17/h3-6,13-15,17H,7-9H2,1-2H3. The van der Waals surface area contributed by atoms with Crippen molar-refractivity contribution in [2.75, 3.05) is 26.1 Å². The van der Waals surface area contributed by atoms with E-state index in [1.165, 1.54) is 5.56 Å². The van der Waals surface area contributed by atoms with Gasteiger partial charge >= 0.3 is 0 Å². The van der Waals surface area contributed by atoms with Gasteiger partial charge in [-0.2, -0.15) is 11.8 Å². The molecule has 1 fully saturated rings. The van der Waals surface area contributed by atoms with Gasteiger partial charge in [0.1, 0.15) is 11.5 Å². The van der Waals surface area contributed by atoms with Crippen LogP contribution in [0.1, 0.15) is 18.4 Å². The molecule has 1 aromatic rings. The van der Waals surface area contributed by atoms with Crippen LogP contribution in [0.5, 0.6) is 11.5 Å². The van der Waals surface area contributed by atoms with Gasteiger partial charge in [0.25, 0.3) is 0 Å². The average molecular weight is 304 g/mol. The van der Waals surface area contributed by atoms with E-state index < -0.39 is 0 Å². The fourth-order valence-corrected chi connectivity index (χ4v) is 5.39. The molecule has 3 heterocycles. The molecule has 0 radical (unpaired) electrons. The fraction of sp³-hybridized carbons (Fsp3) is 0.529. The quantitative estimate of drug-likeness (QED) is 0.794. The van der Waals surface area contributed by atoms with Crippen LogP contribution in [0.4, 0.5) is 0 Å². The summed E-state index contributed by atoms with van der Waals surface area (Å²) in [6.45, 7) is 3.69. The molecule has 0 amide bonds. The van der Waals surface area contributed by atoms with Crippen molar-refractivity contribution in [1.29, 1.82) is 0 Å². The van der Waals surface area contributed by atoms with Crippen molar-refractivity contribution in [2.24, 2.45) is 11.8 Å². The Hall–Kier alpha value is -1.29. The molecule has 112 valence electrons. The second-order valence-corrected chi connectivity index (χ2v) is 7.25. The van der Waals surface area contributed by atoms with Gasteiger partial charge in [-0.3, -0.25) is 0 Å². The highest BCUT2D eigenvalue weighted by molar-refractivity contribution is 8.00. The van der Waals surface area contributed by atoms with Crippen molar-refractivity contribution in [3.05, 3.63) is 35.6 Å². The van der Waals surface area contributed by atoms with Gasteiger partial charge in [-0.25, -0.2) is 0 Å². The number of ether oxygens (including phenoxy) is 3. The Morgan fingerprint density at radius 3 is 2.90 bits per heavy atom. The molecule has 1 saturated heterocycles. The zero-order valence-corrected chi connectivity index (χ0v) is 13.2. The number of thioether (sulfide) groups is 1. The van der Waals surface area contributed by atoms with Crippen molar-refractivity contribution in [3.8, 4) is 11.5 Å². The van der Waals surface area contributed by atoms with Crippen molar-refractivity contribution < 1.29 is 14.2 Å². The zero-order valence-electron chi connectivity index (χ0n) is 12.4. The summed E-state index contributed by atoms with van der Waals surface area (Å²) in [7, 11) is 1.72. The van der Waals surface area contributed by atoms with Gasteiger partial charge < -0.3 is 14.2 Å². The summed E-state index contributed by atoms with van der Waals surface area (Å²) in [5, 5.41) is 0.579. The van der Waals surface area contributed by atoms with Gasteiger partial charge in [0.05, 0.1) is 26.1 Å². The summed E-state index contributed by atoms with van der Waals surface area (Å²) in [6, 6.07) is 6.17. The maximum atomic E-state index is 6.03. The van der Waals surface area contributed by atoms with Crippen LogP contribution >= 0.6 is 11.8 Å². The van der Waals surface area contributed by atoms with E-state index >= 15 is 0 Å². The number of rotatable bonds is 1. The molecular formula is C17H20O3S. The SMILES string of the molecule is COc1ccc2c(c1)C1CSC3C=C(C)OCC3C1CO2. The van der Waals surface area contributed by atoms with Crippen LogP contribution < -0.4 is 9.47 Å². The number of hydrogen-bond acceptors (Lipinski definition) is 4. The van der Waals surface area contributed by atoms with Crippen LogP contribution in [0.15, 0.2) is 30.0 Å². The van der Waals surface area contributed by atoms with Crippen LogP contribution in [-0.4, -0.2) is 31.3 Å². The molecule has 4 heteroatoms. The minimum atomic E-state index is 0.542. The Morgan fingerprint density at radius 2 is 2.05 bits per heavy atom. The molecule has 0 aliphatic carbocycles. The predicted octanol–water partition coefficient (Wildman–Crippen LogP) is 3.45. The number of benzene rings is 1. The molecule has 21 heavy (non-hydrogen) atoms. The van der Waals surface area contributed by atoms with E-state index in [1.54, 1.807) is 7.11 Å². The first-order valence-corrected chi connectivity index (χ1v) is 8.54. The number of hydrogen-bond donors (Lipinski definition) is 0. The Bertz CT molecular complexity index is 583. The monoisotopic (exact) mass is 304 g/mol. The van der Waals surface area contributed by atoms with Gasteiger partial charge in [0, 0.05) is 34.3 Å². The van der Waals surface area contributed by atoms with E-state index in [1.807, 2.05) is 12.1 Å². The maximum absolute atomic E-state index is 6.03. The molecule has 0 N–H and O–H groups in total. The summed E-state index contributed by atoms with van der Waals surface area (Å²) < 4.78 is 17.2. The summed E-state index contributed by atoms with van der Waals surface area (Å²) in [5.74, 6) is 5.81. The molecule has 3 nitrogen and oxygen atoms in total. The molecule has 4 rings (SSSR count). The number of fused-ring (bicyclic) bond motifs is 5. The third-order valence-electron chi connectivity index (χ3n) is 4.91. The normalized spacial score (nSPS) is 33.5. The Balaban J connectivity index is 1.67. The lowest BCUT2D eigenvalue weighted by atomic mass is 9.75. The lowest BCUT2D eigenvalue weighted by Gasteiger charge is -2.46. The van der Waals surface area contributed by atoms with E-state index in [0.29, 0.717) is 23.0 Å². The maximum Gasteiger partial charge on any atom is 0.123 e. The lowest BCUT2D eigenvalue weighted by molar-refractivity contribution is 0.0692. The first-order chi connectivity index (χ1) is 10.3. The van der Waals surface area contributed by atoms with Crippen molar-refractivity contribution in [3.63, 3.8) is 0 Å². The van der Waals surface area contributed by atoms with Crippen molar-refractivity contribution in [2.45, 2.75) is 18.1 Å². The van der Waals surface area contributed by atoms with Crippen molar-refractivity contribution in [1.82, 2.24) is 0 Å². The van der Waals surface area contributed by atoms with Gasteiger partial charge in [-0.1, -0.05) is 0 Å². The summed E-state index contributed by atoms with van der Waals surface area (Å²) in [6.07, 6.45) is 2.29. The largest absolute Gasteiger partial charge is 0.498 e. The van der Waals surface area contributed by atoms with Gasteiger partial charge in [-0.15, -0.1) is 0 Å². The molecule has 0 bridgehead atoms. The predicted molar refractivity (Wildman–Crippen MR) is 84.2 cm³/mol. The van der Waals surface area contributed by atoms with Crippen LogP contribution in [0.25, 0.3) is 0 Å². The van der Waals surface area contributed by atoms with Gasteiger partial charge in [0.15, 0.2) is 0 Å². The zero-order chi connectivity index (χ0) is 14.4. The minimum Gasteiger partial charge on any atom is -0.498 e. The van der Waals surface area contributed by atoms with E-state index in [9.17, 15) is 0 Å². The molecule has 3 aliphatic rings. The summed E-state index contributed by atoms with van der Waals surface area (Å²) in [5.41, 5.74) is 1.31. The van der Waals surface area contributed by atoms with E-state index in [4.69, 9.17) is 14.2 Å². The van der Waals surface area contributed by atoms with E-state index in [2.05, 4.69) is 30.8 Å². The average Bonchev–Trinajstić information content (AvgIpc) is 2.53. The summed E-state index contributed by atoms with van der Waals surface area (Å²) >= 11 is 2.06. The number of allylic oxidation sites excluding steroid dienone is 1. The first kappa shape index (κ1) is 13.4. The molecule has 0 aromatic heterocycles. The molecule has 4 unspecified atom stereocenters. The Morgan fingerprint density at radius 1 is 1.19 bits per heavy atom. The third kappa shape index (κ3) is 2.20. The third-order valence-corrected chi connectivity index (χ3v) is 6.33. The first-order valence-electron chi connectivity index (χ1n) is 7.50. The van der Waals surface area contributed by atoms with Crippen molar-refractivity contribution >= 4 is 11.8 Å². The van der Waals surface area contributed by atoms with Crippen LogP contribution in [-0.2, 0) is 4.74 Å². The summed E-state index contributed by atoms with van der Waals surface area (Å²) in [4.78, 5) is 0.